The van der Waals surface area contributed by atoms with Crippen LogP contribution in [0.15, 0.2) is 29.1 Å². The molecule has 1 heterocycles. The molecule has 5 heteroatoms. The SMILES string of the molecule is Cc1ccc(C)c(-c2cc(C(=O)Cl)c(=O)n(C)n2)c1. The van der Waals surface area contributed by atoms with Crippen LogP contribution in [0.4, 0.5) is 0 Å². The monoisotopic (exact) mass is 276 g/mol. The van der Waals surface area contributed by atoms with Gasteiger partial charge in [0.05, 0.1) is 5.69 Å². The van der Waals surface area contributed by atoms with E-state index in [4.69, 9.17) is 11.6 Å². The van der Waals surface area contributed by atoms with E-state index in [0.29, 0.717) is 5.69 Å². The standard InChI is InChI=1S/C14H13ClN2O2/c1-8-4-5-9(2)10(6-8)12-7-11(13(15)18)14(19)17(3)16-12/h4-7H,1-3H3. The lowest BCUT2D eigenvalue weighted by Gasteiger charge is -2.09. The van der Waals surface area contributed by atoms with Gasteiger partial charge in [-0.1, -0.05) is 17.7 Å². The summed E-state index contributed by atoms with van der Waals surface area (Å²) in [6.07, 6.45) is 0. The first kappa shape index (κ1) is 13.5. The van der Waals surface area contributed by atoms with Gasteiger partial charge in [0.25, 0.3) is 10.8 Å². The Labute approximate surface area is 115 Å². The normalized spacial score (nSPS) is 10.5. The Kier molecular flexibility index (Phi) is 3.53. The van der Waals surface area contributed by atoms with Gasteiger partial charge in [0.1, 0.15) is 5.56 Å². The Morgan fingerprint density at radius 3 is 2.58 bits per heavy atom. The molecule has 0 saturated carbocycles. The summed E-state index contributed by atoms with van der Waals surface area (Å²) in [4.78, 5) is 23.0. The van der Waals surface area contributed by atoms with E-state index in [0.717, 1.165) is 21.4 Å². The van der Waals surface area contributed by atoms with Crippen molar-refractivity contribution in [1.29, 1.82) is 0 Å². The zero-order valence-corrected chi connectivity index (χ0v) is 11.7. The second kappa shape index (κ2) is 4.97. The van der Waals surface area contributed by atoms with E-state index in [-0.39, 0.29) is 5.56 Å². The van der Waals surface area contributed by atoms with Crippen molar-refractivity contribution in [2.75, 3.05) is 0 Å². The number of aromatic nitrogens is 2. The molecule has 19 heavy (non-hydrogen) atoms. The minimum absolute atomic E-state index is 0.0601. The highest BCUT2D eigenvalue weighted by atomic mass is 35.5. The number of halogens is 1. The third-order valence-corrected chi connectivity index (χ3v) is 3.15. The van der Waals surface area contributed by atoms with Crippen molar-refractivity contribution in [1.82, 2.24) is 9.78 Å². The molecule has 1 aromatic carbocycles. The molecule has 0 aliphatic rings. The van der Waals surface area contributed by atoms with Gasteiger partial charge in [-0.25, -0.2) is 4.68 Å². The van der Waals surface area contributed by atoms with Crippen LogP contribution in [0.2, 0.25) is 0 Å². The van der Waals surface area contributed by atoms with Crippen LogP contribution in [-0.4, -0.2) is 15.0 Å². The summed E-state index contributed by atoms with van der Waals surface area (Å²) in [5.41, 5.74) is 2.99. The van der Waals surface area contributed by atoms with E-state index in [9.17, 15) is 9.59 Å². The smallest absolute Gasteiger partial charge is 0.275 e. The van der Waals surface area contributed by atoms with Gasteiger partial charge in [0, 0.05) is 12.6 Å². The molecule has 0 amide bonds. The average Bonchev–Trinajstić information content (AvgIpc) is 2.35. The predicted octanol–water partition coefficient (Wildman–Crippen LogP) is 2.44. The van der Waals surface area contributed by atoms with E-state index < -0.39 is 10.8 Å². The largest absolute Gasteiger partial charge is 0.278 e. The highest BCUT2D eigenvalue weighted by Gasteiger charge is 2.14. The summed E-state index contributed by atoms with van der Waals surface area (Å²) in [5.74, 6) is 0. The molecule has 4 nitrogen and oxygen atoms in total. The molecule has 0 atom stereocenters. The molecule has 0 saturated heterocycles. The summed E-state index contributed by atoms with van der Waals surface area (Å²) in [6, 6.07) is 7.37. The molecule has 0 fully saturated rings. The molecular weight excluding hydrogens is 264 g/mol. The van der Waals surface area contributed by atoms with Crippen molar-refractivity contribution in [3.8, 4) is 11.3 Å². The Bertz CT molecular complexity index is 720. The fraction of sp³-hybridized carbons (Fsp3) is 0.214. The minimum atomic E-state index is -0.769. The van der Waals surface area contributed by atoms with Crippen LogP contribution >= 0.6 is 11.6 Å². The number of aryl methyl sites for hydroxylation is 3. The Morgan fingerprint density at radius 1 is 1.26 bits per heavy atom. The lowest BCUT2D eigenvalue weighted by Crippen LogP contribution is -2.25. The molecule has 1 aromatic heterocycles. The quantitative estimate of drug-likeness (QED) is 0.792. The van der Waals surface area contributed by atoms with Crippen LogP contribution in [-0.2, 0) is 7.05 Å². The number of carbonyl (C=O) groups is 1. The van der Waals surface area contributed by atoms with E-state index in [1.165, 1.54) is 13.1 Å². The van der Waals surface area contributed by atoms with Crippen molar-refractivity contribution >= 4 is 16.8 Å². The van der Waals surface area contributed by atoms with Gasteiger partial charge < -0.3 is 0 Å². The molecule has 98 valence electrons. The van der Waals surface area contributed by atoms with Crippen molar-refractivity contribution in [3.63, 3.8) is 0 Å². The maximum absolute atomic E-state index is 11.7. The zero-order chi connectivity index (χ0) is 14.2. The third kappa shape index (κ3) is 2.58. The molecule has 2 rings (SSSR count). The highest BCUT2D eigenvalue weighted by Crippen LogP contribution is 2.22. The predicted molar refractivity (Wildman–Crippen MR) is 74.6 cm³/mol. The molecule has 0 spiro atoms. The Balaban J connectivity index is 2.73. The van der Waals surface area contributed by atoms with Gasteiger partial charge >= 0.3 is 0 Å². The van der Waals surface area contributed by atoms with Crippen LogP contribution in [0, 0.1) is 13.8 Å². The first-order valence-corrected chi connectivity index (χ1v) is 6.14. The molecule has 0 N–H and O–H groups in total. The van der Waals surface area contributed by atoms with Crippen LogP contribution in [0.5, 0.6) is 0 Å². The third-order valence-electron chi connectivity index (χ3n) is 2.94. The fourth-order valence-corrected chi connectivity index (χ4v) is 2.03. The average molecular weight is 277 g/mol. The van der Waals surface area contributed by atoms with Crippen molar-refractivity contribution < 1.29 is 4.79 Å². The number of rotatable bonds is 2. The lowest BCUT2D eigenvalue weighted by molar-refractivity contribution is 0.107. The molecule has 2 aromatic rings. The van der Waals surface area contributed by atoms with Crippen LogP contribution < -0.4 is 5.56 Å². The van der Waals surface area contributed by atoms with Crippen molar-refractivity contribution in [3.05, 3.63) is 51.3 Å². The van der Waals surface area contributed by atoms with Crippen LogP contribution in [0.3, 0.4) is 0 Å². The summed E-state index contributed by atoms with van der Waals surface area (Å²) in [6.45, 7) is 3.92. The molecule has 0 radical (unpaired) electrons. The molecular formula is C14H13ClN2O2. The molecule has 0 aliphatic carbocycles. The summed E-state index contributed by atoms with van der Waals surface area (Å²) in [5, 5.41) is 3.41. The first-order valence-electron chi connectivity index (χ1n) is 5.76. The summed E-state index contributed by atoms with van der Waals surface area (Å²) >= 11 is 5.43. The second-order valence-electron chi connectivity index (χ2n) is 4.46. The second-order valence-corrected chi connectivity index (χ2v) is 4.81. The molecule has 0 unspecified atom stereocenters. The number of hydrogen-bond acceptors (Lipinski definition) is 3. The zero-order valence-electron chi connectivity index (χ0n) is 10.9. The minimum Gasteiger partial charge on any atom is -0.275 e. The maximum atomic E-state index is 11.7. The van der Waals surface area contributed by atoms with Gasteiger partial charge in [0.15, 0.2) is 0 Å². The van der Waals surface area contributed by atoms with E-state index in [2.05, 4.69) is 5.10 Å². The van der Waals surface area contributed by atoms with Crippen molar-refractivity contribution in [2.24, 2.45) is 7.05 Å². The van der Waals surface area contributed by atoms with Crippen LogP contribution in [0.1, 0.15) is 21.5 Å². The van der Waals surface area contributed by atoms with Gasteiger partial charge in [-0.3, -0.25) is 9.59 Å². The van der Waals surface area contributed by atoms with Gasteiger partial charge in [-0.05, 0) is 43.1 Å². The van der Waals surface area contributed by atoms with Crippen molar-refractivity contribution in [2.45, 2.75) is 13.8 Å². The highest BCUT2D eigenvalue weighted by molar-refractivity contribution is 6.67. The summed E-state index contributed by atoms with van der Waals surface area (Å²) in [7, 11) is 1.50. The number of benzene rings is 1. The van der Waals surface area contributed by atoms with Gasteiger partial charge in [0.2, 0.25) is 0 Å². The molecule has 0 bridgehead atoms. The number of nitrogens with zero attached hydrogens (tertiary/aromatic N) is 2. The number of hydrogen-bond donors (Lipinski definition) is 0. The maximum Gasteiger partial charge on any atom is 0.278 e. The first-order chi connectivity index (χ1) is 8.90. The lowest BCUT2D eigenvalue weighted by atomic mass is 10.0. The van der Waals surface area contributed by atoms with E-state index in [1.807, 2.05) is 32.0 Å². The van der Waals surface area contributed by atoms with E-state index >= 15 is 0 Å². The van der Waals surface area contributed by atoms with Gasteiger partial charge in [-0.2, -0.15) is 5.10 Å². The number of carbonyl (C=O) groups excluding carboxylic acids is 1. The van der Waals surface area contributed by atoms with Crippen LogP contribution in [0.25, 0.3) is 11.3 Å². The molecule has 0 aliphatic heterocycles. The fourth-order valence-electron chi connectivity index (χ4n) is 1.89. The van der Waals surface area contributed by atoms with E-state index in [1.54, 1.807) is 0 Å². The van der Waals surface area contributed by atoms with Gasteiger partial charge in [-0.15, -0.1) is 0 Å². The summed E-state index contributed by atoms with van der Waals surface area (Å²) < 4.78 is 1.13. The Hall–Kier alpha value is -1.94. The topological polar surface area (TPSA) is 52.0 Å². The Morgan fingerprint density at radius 2 is 1.95 bits per heavy atom.